The molecule has 1 rings (SSSR count). The van der Waals surface area contributed by atoms with E-state index >= 15 is 0 Å². The molecule has 6 heteroatoms. The van der Waals surface area contributed by atoms with E-state index in [9.17, 15) is 4.79 Å². The Kier molecular flexibility index (Phi) is 3.36. The molecule has 1 fully saturated rings. The van der Waals surface area contributed by atoms with Gasteiger partial charge in [0.2, 0.25) is 0 Å². The molecule has 0 bridgehead atoms. The minimum absolute atomic E-state index is 0.0698. The van der Waals surface area contributed by atoms with Gasteiger partial charge in [0, 0.05) is 7.05 Å². The zero-order valence-corrected chi connectivity index (χ0v) is 7.68. The third-order valence-electron chi connectivity index (χ3n) is 1.30. The fourth-order valence-electron chi connectivity index (χ4n) is 0.618. The number of carbonyl (C=O) groups excluding carboxylic acids is 1. The van der Waals surface area contributed by atoms with E-state index in [1.54, 1.807) is 0 Å². The lowest BCUT2D eigenvalue weighted by Gasteiger charge is -2.00. The first-order valence-electron chi connectivity index (χ1n) is 3.45. The van der Waals surface area contributed by atoms with Crippen LogP contribution >= 0.6 is 11.8 Å². The fourth-order valence-corrected chi connectivity index (χ4v) is 1.40. The first kappa shape index (κ1) is 9.34. The zero-order chi connectivity index (χ0) is 8.97. The van der Waals surface area contributed by atoms with Gasteiger partial charge in [-0.05, 0) is 6.92 Å². The Morgan fingerprint density at radius 3 is 3.17 bits per heavy atom. The zero-order valence-electron chi connectivity index (χ0n) is 6.86. The molecule has 1 atom stereocenters. The average molecular weight is 190 g/mol. The van der Waals surface area contributed by atoms with Crippen LogP contribution in [0, 0.1) is 0 Å². The van der Waals surface area contributed by atoms with Crippen LogP contribution in [0.5, 0.6) is 0 Å². The maximum Gasteiger partial charge on any atom is 0.433 e. The molecule has 1 aliphatic heterocycles. The van der Waals surface area contributed by atoms with Gasteiger partial charge in [-0.3, -0.25) is 4.84 Å². The monoisotopic (exact) mass is 190 g/mol. The van der Waals surface area contributed by atoms with Crippen molar-refractivity contribution in [2.24, 2.45) is 5.16 Å². The van der Waals surface area contributed by atoms with E-state index in [1.807, 2.05) is 6.92 Å². The van der Waals surface area contributed by atoms with Crippen molar-refractivity contribution in [1.29, 1.82) is 0 Å². The lowest BCUT2D eigenvalue weighted by atomic mass is 10.4. The lowest BCUT2D eigenvalue weighted by Crippen LogP contribution is -2.18. The molecule has 1 unspecified atom stereocenters. The molecule has 0 aliphatic carbocycles. The van der Waals surface area contributed by atoms with Crippen molar-refractivity contribution in [2.45, 2.75) is 13.0 Å². The summed E-state index contributed by atoms with van der Waals surface area (Å²) in [6.07, 6.45) is -0.637. The van der Waals surface area contributed by atoms with E-state index in [0.717, 1.165) is 0 Å². The van der Waals surface area contributed by atoms with Gasteiger partial charge in [-0.25, -0.2) is 4.79 Å². The normalized spacial score (nSPS) is 25.8. The Balaban J connectivity index is 2.40. The van der Waals surface area contributed by atoms with E-state index in [1.165, 1.54) is 18.8 Å². The van der Waals surface area contributed by atoms with Crippen molar-refractivity contribution in [3.05, 3.63) is 0 Å². The number of hydrogen-bond donors (Lipinski definition) is 1. The van der Waals surface area contributed by atoms with Crippen molar-refractivity contribution < 1.29 is 14.4 Å². The molecule has 1 saturated heterocycles. The number of carbonyl (C=O) groups is 1. The van der Waals surface area contributed by atoms with E-state index in [0.29, 0.717) is 11.0 Å². The molecule has 0 radical (unpaired) electrons. The molecule has 1 amide bonds. The van der Waals surface area contributed by atoms with Crippen LogP contribution in [0.2, 0.25) is 0 Å². The van der Waals surface area contributed by atoms with Crippen molar-refractivity contribution >= 4 is 22.9 Å². The number of rotatable bonds is 1. The van der Waals surface area contributed by atoms with Gasteiger partial charge in [0.15, 0.2) is 0 Å². The predicted molar refractivity (Wildman–Crippen MR) is 46.0 cm³/mol. The van der Waals surface area contributed by atoms with E-state index < -0.39 is 6.09 Å². The minimum Gasteiger partial charge on any atom is -0.361 e. The fraction of sp³-hybridized carbons (Fsp3) is 0.667. The van der Waals surface area contributed by atoms with Gasteiger partial charge in [-0.1, -0.05) is 16.9 Å². The van der Waals surface area contributed by atoms with Crippen LogP contribution in [0.1, 0.15) is 6.92 Å². The summed E-state index contributed by atoms with van der Waals surface area (Å²) in [4.78, 5) is 15.1. The molecule has 68 valence electrons. The maximum atomic E-state index is 10.6. The summed E-state index contributed by atoms with van der Waals surface area (Å²) in [6, 6.07) is 0. The van der Waals surface area contributed by atoms with Gasteiger partial charge in [-0.15, -0.1) is 0 Å². The SMILES string of the molecule is CNC(=O)O/N=C1\SCOC1C. The predicted octanol–water partition coefficient (Wildman–Crippen LogP) is 0.765. The Morgan fingerprint density at radius 1 is 1.92 bits per heavy atom. The van der Waals surface area contributed by atoms with Crippen molar-refractivity contribution in [3.8, 4) is 0 Å². The van der Waals surface area contributed by atoms with Gasteiger partial charge in [0.1, 0.15) is 11.1 Å². The second kappa shape index (κ2) is 4.32. The van der Waals surface area contributed by atoms with Crippen molar-refractivity contribution in [2.75, 3.05) is 13.0 Å². The van der Waals surface area contributed by atoms with Gasteiger partial charge in [0.25, 0.3) is 0 Å². The van der Waals surface area contributed by atoms with Crippen LogP contribution in [-0.4, -0.2) is 30.2 Å². The highest BCUT2D eigenvalue weighted by Crippen LogP contribution is 2.19. The number of nitrogens with one attached hydrogen (secondary N) is 1. The van der Waals surface area contributed by atoms with Gasteiger partial charge in [-0.2, -0.15) is 0 Å². The third-order valence-corrected chi connectivity index (χ3v) is 2.25. The van der Waals surface area contributed by atoms with Gasteiger partial charge >= 0.3 is 6.09 Å². The van der Waals surface area contributed by atoms with E-state index in [-0.39, 0.29) is 6.10 Å². The molecular formula is C6H10N2O3S. The number of thioether (sulfide) groups is 1. The Hall–Kier alpha value is -0.750. The van der Waals surface area contributed by atoms with Crippen LogP contribution in [0.4, 0.5) is 4.79 Å². The number of hydrogen-bond acceptors (Lipinski definition) is 5. The molecule has 12 heavy (non-hydrogen) atoms. The number of ether oxygens (including phenoxy) is 1. The molecular weight excluding hydrogens is 180 g/mol. The van der Waals surface area contributed by atoms with Crippen LogP contribution in [-0.2, 0) is 9.57 Å². The second-order valence-electron chi connectivity index (χ2n) is 2.13. The highest BCUT2D eigenvalue weighted by Gasteiger charge is 2.20. The summed E-state index contributed by atoms with van der Waals surface area (Å²) in [6.45, 7) is 1.85. The summed E-state index contributed by atoms with van der Waals surface area (Å²) in [5.74, 6) is 0.567. The largest absolute Gasteiger partial charge is 0.433 e. The molecule has 0 aromatic carbocycles. The minimum atomic E-state index is -0.567. The number of amides is 1. The molecule has 0 saturated carbocycles. The molecule has 1 aliphatic rings. The maximum absolute atomic E-state index is 10.6. The number of oxime groups is 1. The van der Waals surface area contributed by atoms with Crippen molar-refractivity contribution in [3.63, 3.8) is 0 Å². The summed E-state index contributed by atoms with van der Waals surface area (Å²) in [5.41, 5.74) is 0. The summed E-state index contributed by atoms with van der Waals surface area (Å²) in [7, 11) is 1.48. The van der Waals surface area contributed by atoms with Crippen LogP contribution in [0.3, 0.4) is 0 Å². The standard InChI is InChI=1S/C6H10N2O3S/c1-4-5(12-3-10-4)8-11-6(9)7-2/h4H,3H2,1-2H3,(H,7,9)/b8-5-. The Morgan fingerprint density at radius 2 is 2.67 bits per heavy atom. The van der Waals surface area contributed by atoms with Crippen LogP contribution < -0.4 is 5.32 Å². The topological polar surface area (TPSA) is 59.9 Å². The smallest absolute Gasteiger partial charge is 0.361 e. The summed E-state index contributed by atoms with van der Waals surface area (Å²) >= 11 is 1.43. The quantitative estimate of drug-likeness (QED) is 0.490. The van der Waals surface area contributed by atoms with E-state index in [2.05, 4.69) is 15.3 Å². The molecule has 0 aromatic rings. The Bertz CT molecular complexity index is 207. The molecule has 0 aromatic heterocycles. The second-order valence-corrected chi connectivity index (χ2v) is 3.07. The van der Waals surface area contributed by atoms with Gasteiger partial charge in [0.05, 0.1) is 5.94 Å². The first-order chi connectivity index (χ1) is 5.74. The molecule has 5 nitrogen and oxygen atoms in total. The Labute approximate surface area is 74.5 Å². The molecule has 1 N–H and O–H groups in total. The highest BCUT2D eigenvalue weighted by molar-refractivity contribution is 8.14. The van der Waals surface area contributed by atoms with Gasteiger partial charge < -0.3 is 10.1 Å². The van der Waals surface area contributed by atoms with E-state index in [4.69, 9.17) is 4.74 Å². The third kappa shape index (κ3) is 2.38. The molecule has 0 spiro atoms. The van der Waals surface area contributed by atoms with Crippen LogP contribution in [0.15, 0.2) is 5.16 Å². The van der Waals surface area contributed by atoms with Crippen molar-refractivity contribution in [1.82, 2.24) is 5.32 Å². The average Bonchev–Trinajstić information content (AvgIpc) is 2.47. The first-order valence-corrected chi connectivity index (χ1v) is 4.43. The lowest BCUT2D eigenvalue weighted by molar-refractivity contribution is 0.145. The van der Waals surface area contributed by atoms with Crippen LogP contribution in [0.25, 0.3) is 0 Å². The summed E-state index contributed by atoms with van der Waals surface area (Å²) in [5, 5.41) is 6.60. The molecule has 1 heterocycles. The highest BCUT2D eigenvalue weighted by atomic mass is 32.2. The number of nitrogens with zero attached hydrogens (tertiary/aromatic N) is 1. The summed E-state index contributed by atoms with van der Waals surface area (Å²) < 4.78 is 5.15.